The highest BCUT2D eigenvalue weighted by atomic mass is 32.1. The third-order valence-corrected chi connectivity index (χ3v) is 7.28. The molecule has 1 heterocycles. The Morgan fingerprint density at radius 3 is 2.29 bits per heavy atom. The summed E-state index contributed by atoms with van der Waals surface area (Å²) in [6, 6.07) is 27.9. The molecule has 0 saturated heterocycles. The Bertz CT molecular complexity index is 1230. The summed E-state index contributed by atoms with van der Waals surface area (Å²) in [4.78, 5) is 19.3. The number of hydrogen-bond donors (Lipinski definition) is 1. The van der Waals surface area contributed by atoms with E-state index in [0.717, 1.165) is 24.4 Å². The lowest BCUT2D eigenvalue weighted by Gasteiger charge is -2.25. The number of nitrogens with zero attached hydrogens (tertiary/aromatic N) is 2. The van der Waals surface area contributed by atoms with Gasteiger partial charge in [-0.1, -0.05) is 78.9 Å². The Labute approximate surface area is 228 Å². The van der Waals surface area contributed by atoms with Crippen LogP contribution in [0.5, 0.6) is 0 Å². The fraction of sp³-hybridized carbons (Fsp3) is 0.290. The normalized spacial score (nSPS) is 11.3. The van der Waals surface area contributed by atoms with Gasteiger partial charge in [0, 0.05) is 43.7 Å². The number of nitrogens with one attached hydrogen (secondary N) is 1. The van der Waals surface area contributed by atoms with Crippen LogP contribution in [0.1, 0.15) is 50.9 Å². The van der Waals surface area contributed by atoms with Gasteiger partial charge in [0.05, 0.1) is 6.54 Å². The van der Waals surface area contributed by atoms with Crippen LogP contribution >= 0.6 is 11.3 Å². The van der Waals surface area contributed by atoms with Crippen LogP contribution in [0.3, 0.4) is 0 Å². The van der Waals surface area contributed by atoms with Crippen molar-refractivity contribution in [1.29, 1.82) is 0 Å². The van der Waals surface area contributed by atoms with E-state index in [-0.39, 0.29) is 17.6 Å². The molecule has 4 aromatic rings. The first-order valence-corrected chi connectivity index (χ1v) is 13.8. The van der Waals surface area contributed by atoms with Gasteiger partial charge in [0.1, 0.15) is 16.5 Å². The van der Waals surface area contributed by atoms with E-state index in [1.54, 1.807) is 18.6 Å². The Morgan fingerprint density at radius 2 is 1.63 bits per heavy atom. The van der Waals surface area contributed by atoms with Gasteiger partial charge in [-0.2, -0.15) is 0 Å². The van der Waals surface area contributed by atoms with E-state index in [1.165, 1.54) is 28.5 Å². The van der Waals surface area contributed by atoms with Crippen molar-refractivity contribution in [1.82, 2.24) is 15.2 Å². The maximum absolute atomic E-state index is 14.6. The van der Waals surface area contributed by atoms with Crippen LogP contribution in [0.4, 0.5) is 4.39 Å². The molecule has 0 aliphatic rings. The van der Waals surface area contributed by atoms with Gasteiger partial charge in [0.15, 0.2) is 0 Å². The van der Waals surface area contributed by atoms with E-state index in [0.29, 0.717) is 37.5 Å². The van der Waals surface area contributed by atoms with Gasteiger partial charge in [0.25, 0.3) is 5.91 Å². The van der Waals surface area contributed by atoms with Gasteiger partial charge in [-0.25, -0.2) is 9.37 Å². The second-order valence-corrected chi connectivity index (χ2v) is 10.1. The molecule has 0 spiro atoms. The second kappa shape index (κ2) is 14.5. The molecular formula is C31H34FN3O2S. The van der Waals surface area contributed by atoms with E-state index in [9.17, 15) is 9.18 Å². The lowest BCUT2D eigenvalue weighted by Crippen LogP contribution is -2.27. The topological polar surface area (TPSA) is 54.5 Å². The maximum atomic E-state index is 14.6. The van der Waals surface area contributed by atoms with Crippen molar-refractivity contribution in [3.63, 3.8) is 0 Å². The van der Waals surface area contributed by atoms with E-state index >= 15 is 0 Å². The fourth-order valence-electron chi connectivity index (χ4n) is 4.48. The summed E-state index contributed by atoms with van der Waals surface area (Å²) in [5.41, 5.74) is 3.58. The third-order valence-electron chi connectivity index (χ3n) is 6.44. The molecule has 3 aromatic carbocycles. The average molecular weight is 532 g/mol. The molecule has 1 N–H and O–H groups in total. The van der Waals surface area contributed by atoms with E-state index in [1.807, 2.05) is 24.3 Å². The van der Waals surface area contributed by atoms with E-state index in [4.69, 9.17) is 4.74 Å². The van der Waals surface area contributed by atoms with Crippen LogP contribution in [-0.4, -0.2) is 42.6 Å². The quantitative estimate of drug-likeness (QED) is 0.195. The molecule has 38 heavy (non-hydrogen) atoms. The monoisotopic (exact) mass is 531 g/mol. The molecular weight excluding hydrogens is 497 g/mol. The number of carbonyl (C=O) groups is 1. The van der Waals surface area contributed by atoms with Crippen molar-refractivity contribution in [2.75, 3.05) is 26.8 Å². The summed E-state index contributed by atoms with van der Waals surface area (Å²) >= 11 is 1.46. The molecule has 0 unspecified atom stereocenters. The number of ether oxygens (including phenoxy) is 1. The first kappa shape index (κ1) is 27.6. The predicted molar refractivity (Wildman–Crippen MR) is 151 cm³/mol. The van der Waals surface area contributed by atoms with Crippen molar-refractivity contribution >= 4 is 17.2 Å². The van der Waals surface area contributed by atoms with E-state index < -0.39 is 0 Å². The lowest BCUT2D eigenvalue weighted by molar-refractivity contribution is 0.0944. The summed E-state index contributed by atoms with van der Waals surface area (Å²) < 4.78 is 19.6. The average Bonchev–Trinajstić information content (AvgIpc) is 3.42. The Hall–Kier alpha value is -3.39. The number of rotatable bonds is 14. The number of aromatic nitrogens is 1. The predicted octanol–water partition coefficient (Wildman–Crippen LogP) is 6.27. The molecule has 0 bridgehead atoms. The van der Waals surface area contributed by atoms with Crippen LogP contribution in [0.2, 0.25) is 0 Å². The van der Waals surface area contributed by atoms with Gasteiger partial charge < -0.3 is 10.1 Å². The zero-order valence-corrected chi connectivity index (χ0v) is 22.5. The van der Waals surface area contributed by atoms with Crippen LogP contribution < -0.4 is 5.32 Å². The molecule has 0 atom stereocenters. The molecule has 0 aliphatic heterocycles. The zero-order valence-electron chi connectivity index (χ0n) is 21.7. The number of carbonyl (C=O) groups excluding carboxylic acids is 1. The molecule has 0 fully saturated rings. The minimum Gasteiger partial charge on any atom is -0.385 e. The van der Waals surface area contributed by atoms with Gasteiger partial charge in [-0.05, 0) is 36.6 Å². The highest BCUT2D eigenvalue weighted by molar-refractivity contribution is 7.09. The number of methoxy groups -OCH3 is 1. The number of benzene rings is 3. The standard InChI is InChI=1S/C31H34FN3O2S/c1-37-20-10-18-33-31(36)29-23-38-30(34-29)22-35(21-26-15-8-9-16-28(26)32)19-17-27(24-11-4-2-5-12-24)25-13-6-3-7-14-25/h2-9,11-16,23,27H,10,17-22H2,1H3,(H,33,36). The van der Waals surface area contributed by atoms with Crippen LogP contribution in [-0.2, 0) is 17.8 Å². The first-order chi connectivity index (χ1) is 18.6. The molecule has 1 amide bonds. The van der Waals surface area contributed by atoms with Crippen LogP contribution in [0.25, 0.3) is 0 Å². The van der Waals surface area contributed by atoms with Crippen LogP contribution in [0, 0.1) is 5.82 Å². The Morgan fingerprint density at radius 1 is 0.974 bits per heavy atom. The second-order valence-electron chi connectivity index (χ2n) is 9.19. The largest absolute Gasteiger partial charge is 0.385 e. The van der Waals surface area contributed by atoms with Crippen molar-refractivity contribution in [3.05, 3.63) is 124 Å². The minimum atomic E-state index is -0.213. The summed E-state index contributed by atoms with van der Waals surface area (Å²) in [5.74, 6) is -0.182. The molecule has 5 nitrogen and oxygen atoms in total. The molecule has 1 aromatic heterocycles. The number of hydrogen-bond acceptors (Lipinski definition) is 5. The maximum Gasteiger partial charge on any atom is 0.270 e. The SMILES string of the molecule is COCCCNC(=O)c1csc(CN(CCC(c2ccccc2)c2ccccc2)Cc2ccccc2F)n1. The minimum absolute atomic E-state index is 0.183. The molecule has 0 saturated carbocycles. The number of amides is 1. The van der Waals surface area contributed by atoms with Crippen molar-refractivity contribution in [2.45, 2.75) is 31.8 Å². The van der Waals surface area contributed by atoms with Crippen molar-refractivity contribution in [2.24, 2.45) is 0 Å². The van der Waals surface area contributed by atoms with Crippen molar-refractivity contribution in [3.8, 4) is 0 Å². The molecule has 4 rings (SSSR count). The fourth-order valence-corrected chi connectivity index (χ4v) is 5.29. The van der Waals surface area contributed by atoms with Gasteiger partial charge >= 0.3 is 0 Å². The summed E-state index contributed by atoms with van der Waals surface area (Å²) in [5, 5.41) is 5.51. The van der Waals surface area contributed by atoms with E-state index in [2.05, 4.69) is 63.7 Å². The summed E-state index contributed by atoms with van der Waals surface area (Å²) in [6.45, 7) is 2.87. The van der Waals surface area contributed by atoms with Crippen molar-refractivity contribution < 1.29 is 13.9 Å². The molecule has 198 valence electrons. The Balaban J connectivity index is 1.49. The lowest BCUT2D eigenvalue weighted by atomic mass is 9.88. The first-order valence-electron chi connectivity index (χ1n) is 12.9. The number of halogens is 1. The van der Waals surface area contributed by atoms with Gasteiger partial charge in [0.2, 0.25) is 0 Å². The summed E-state index contributed by atoms with van der Waals surface area (Å²) in [7, 11) is 1.64. The molecule has 0 aliphatic carbocycles. The zero-order chi connectivity index (χ0) is 26.6. The smallest absolute Gasteiger partial charge is 0.270 e. The number of thiazole rings is 1. The van der Waals surface area contributed by atoms with Crippen LogP contribution in [0.15, 0.2) is 90.3 Å². The highest BCUT2D eigenvalue weighted by Crippen LogP contribution is 2.29. The third kappa shape index (κ3) is 8.05. The Kier molecular flexibility index (Phi) is 10.6. The van der Waals surface area contributed by atoms with Gasteiger partial charge in [-0.15, -0.1) is 11.3 Å². The van der Waals surface area contributed by atoms with Gasteiger partial charge in [-0.3, -0.25) is 9.69 Å². The molecule has 0 radical (unpaired) electrons. The summed E-state index contributed by atoms with van der Waals surface area (Å²) in [6.07, 6.45) is 1.61. The molecule has 7 heteroatoms. The highest BCUT2D eigenvalue weighted by Gasteiger charge is 2.19.